The van der Waals surface area contributed by atoms with Crippen molar-refractivity contribution in [2.45, 2.75) is 12.8 Å². The minimum atomic E-state index is 0.475. The van der Waals surface area contributed by atoms with Crippen molar-refractivity contribution < 1.29 is 4.74 Å². The second-order valence-electron chi connectivity index (χ2n) is 4.07. The molecule has 2 N–H and O–H groups in total. The highest BCUT2D eigenvalue weighted by Crippen LogP contribution is 2.35. The summed E-state index contributed by atoms with van der Waals surface area (Å²) < 4.78 is 5.75. The van der Waals surface area contributed by atoms with Gasteiger partial charge < -0.3 is 10.5 Å². The molecule has 17 heavy (non-hydrogen) atoms. The average Bonchev–Trinajstić information content (AvgIpc) is 2.38. The molecule has 0 saturated heterocycles. The number of aromatic nitrogens is 2. The molecule has 0 bridgehead atoms. The van der Waals surface area contributed by atoms with Crippen LogP contribution >= 0.6 is 0 Å². The minimum Gasteiger partial charge on any atom is -0.493 e. The first-order chi connectivity index (χ1) is 8.34. The van der Waals surface area contributed by atoms with Gasteiger partial charge in [-0.25, -0.2) is 9.97 Å². The van der Waals surface area contributed by atoms with Crippen LogP contribution in [0.25, 0.3) is 11.3 Å². The third-order valence-corrected chi connectivity index (χ3v) is 2.90. The first-order valence-corrected chi connectivity index (χ1v) is 5.67. The fourth-order valence-electron chi connectivity index (χ4n) is 2.11. The quantitative estimate of drug-likeness (QED) is 0.810. The van der Waals surface area contributed by atoms with Gasteiger partial charge in [0.05, 0.1) is 12.3 Å². The first kappa shape index (κ1) is 10.1. The summed E-state index contributed by atoms with van der Waals surface area (Å²) in [5.41, 5.74) is 8.73. The Morgan fingerprint density at radius 3 is 3.06 bits per heavy atom. The van der Waals surface area contributed by atoms with Crippen LogP contribution in [0.1, 0.15) is 12.0 Å². The highest BCUT2D eigenvalue weighted by molar-refractivity contribution is 5.70. The number of nitrogens with two attached hydrogens (primary N) is 1. The Kier molecular flexibility index (Phi) is 2.40. The van der Waals surface area contributed by atoms with Crippen LogP contribution in [0.15, 0.2) is 30.6 Å². The maximum absolute atomic E-state index is 5.75. The molecule has 1 aliphatic heterocycles. The van der Waals surface area contributed by atoms with Crippen molar-refractivity contribution in [1.29, 1.82) is 0 Å². The predicted octanol–water partition coefficient (Wildman–Crippen LogP) is 2.05. The molecule has 0 radical (unpaired) electrons. The highest BCUT2D eigenvalue weighted by Gasteiger charge is 2.16. The number of para-hydroxylation sites is 1. The number of rotatable bonds is 1. The van der Waals surface area contributed by atoms with E-state index in [0.29, 0.717) is 5.82 Å². The van der Waals surface area contributed by atoms with Crippen molar-refractivity contribution >= 4 is 5.82 Å². The third-order valence-electron chi connectivity index (χ3n) is 2.90. The molecule has 0 saturated carbocycles. The lowest BCUT2D eigenvalue weighted by molar-refractivity contribution is 0.289. The maximum atomic E-state index is 5.75. The molecule has 0 amide bonds. The predicted molar refractivity (Wildman–Crippen MR) is 65.7 cm³/mol. The Labute approximate surface area is 99.5 Å². The molecule has 1 aromatic heterocycles. The van der Waals surface area contributed by atoms with Gasteiger partial charge in [-0.2, -0.15) is 0 Å². The zero-order chi connectivity index (χ0) is 11.7. The molecule has 4 nitrogen and oxygen atoms in total. The molecular weight excluding hydrogens is 214 g/mol. The van der Waals surface area contributed by atoms with Gasteiger partial charge in [0.1, 0.15) is 17.9 Å². The second kappa shape index (κ2) is 4.05. The zero-order valence-electron chi connectivity index (χ0n) is 9.39. The normalized spacial score (nSPS) is 13.9. The fourth-order valence-corrected chi connectivity index (χ4v) is 2.11. The van der Waals surface area contributed by atoms with Gasteiger partial charge in [0.25, 0.3) is 0 Å². The number of hydrogen-bond acceptors (Lipinski definition) is 4. The molecule has 0 atom stereocenters. The lowest BCUT2D eigenvalue weighted by atomic mass is 10.0. The summed E-state index contributed by atoms with van der Waals surface area (Å²) in [7, 11) is 0. The molecule has 0 fully saturated rings. The highest BCUT2D eigenvalue weighted by atomic mass is 16.5. The SMILES string of the molecule is Nc1cc(-c2cccc3c2OCCC3)ncn1. The molecule has 2 aromatic rings. The van der Waals surface area contributed by atoms with E-state index in [2.05, 4.69) is 16.0 Å². The van der Waals surface area contributed by atoms with Gasteiger partial charge in [0.15, 0.2) is 0 Å². The van der Waals surface area contributed by atoms with E-state index in [1.807, 2.05) is 12.1 Å². The van der Waals surface area contributed by atoms with Crippen LogP contribution in [0, 0.1) is 0 Å². The van der Waals surface area contributed by atoms with Gasteiger partial charge >= 0.3 is 0 Å². The Bertz CT molecular complexity index is 554. The first-order valence-electron chi connectivity index (χ1n) is 5.67. The zero-order valence-corrected chi connectivity index (χ0v) is 9.39. The van der Waals surface area contributed by atoms with Crippen LogP contribution in [-0.2, 0) is 6.42 Å². The summed E-state index contributed by atoms with van der Waals surface area (Å²) in [4.78, 5) is 8.15. The van der Waals surface area contributed by atoms with E-state index in [4.69, 9.17) is 10.5 Å². The summed E-state index contributed by atoms with van der Waals surface area (Å²) in [6, 6.07) is 7.91. The number of benzene rings is 1. The number of hydrogen-bond donors (Lipinski definition) is 1. The van der Waals surface area contributed by atoms with E-state index >= 15 is 0 Å². The van der Waals surface area contributed by atoms with E-state index in [1.54, 1.807) is 6.07 Å². The third kappa shape index (κ3) is 1.82. The van der Waals surface area contributed by atoms with Crippen LogP contribution in [0.5, 0.6) is 5.75 Å². The van der Waals surface area contributed by atoms with Gasteiger partial charge in [-0.1, -0.05) is 12.1 Å². The minimum absolute atomic E-state index is 0.475. The summed E-state index contributed by atoms with van der Waals surface area (Å²) in [6.45, 7) is 0.768. The van der Waals surface area contributed by atoms with Crippen molar-refractivity contribution in [3.63, 3.8) is 0 Å². The van der Waals surface area contributed by atoms with Crippen molar-refractivity contribution in [3.8, 4) is 17.0 Å². The lowest BCUT2D eigenvalue weighted by Crippen LogP contribution is -2.09. The molecule has 1 aromatic carbocycles. The second-order valence-corrected chi connectivity index (χ2v) is 4.07. The van der Waals surface area contributed by atoms with E-state index < -0.39 is 0 Å². The average molecular weight is 227 g/mol. The van der Waals surface area contributed by atoms with Gasteiger partial charge in [-0.3, -0.25) is 0 Å². The van der Waals surface area contributed by atoms with Gasteiger partial charge in [-0.15, -0.1) is 0 Å². The van der Waals surface area contributed by atoms with Gasteiger partial charge in [0, 0.05) is 11.6 Å². The maximum Gasteiger partial charge on any atom is 0.131 e. The Morgan fingerprint density at radius 2 is 2.18 bits per heavy atom. The van der Waals surface area contributed by atoms with Crippen LogP contribution in [0.4, 0.5) is 5.82 Å². The summed E-state index contributed by atoms with van der Waals surface area (Å²) in [5.74, 6) is 1.42. The monoisotopic (exact) mass is 227 g/mol. The number of nitrogens with zero attached hydrogens (tertiary/aromatic N) is 2. The van der Waals surface area contributed by atoms with E-state index in [-0.39, 0.29) is 0 Å². The smallest absolute Gasteiger partial charge is 0.131 e. The summed E-state index contributed by atoms with van der Waals surface area (Å²) in [5, 5.41) is 0. The molecule has 0 unspecified atom stereocenters. The van der Waals surface area contributed by atoms with Gasteiger partial charge in [0.2, 0.25) is 0 Å². The van der Waals surface area contributed by atoms with Crippen LogP contribution < -0.4 is 10.5 Å². The molecule has 0 aliphatic carbocycles. The van der Waals surface area contributed by atoms with Crippen molar-refractivity contribution in [2.75, 3.05) is 12.3 Å². The summed E-state index contributed by atoms with van der Waals surface area (Å²) in [6.07, 6.45) is 3.61. The summed E-state index contributed by atoms with van der Waals surface area (Å²) >= 11 is 0. The van der Waals surface area contributed by atoms with Crippen molar-refractivity contribution in [1.82, 2.24) is 9.97 Å². The number of fused-ring (bicyclic) bond motifs is 1. The van der Waals surface area contributed by atoms with E-state index in [0.717, 1.165) is 36.5 Å². The number of nitrogen functional groups attached to an aromatic ring is 1. The van der Waals surface area contributed by atoms with Gasteiger partial charge in [-0.05, 0) is 24.5 Å². The fraction of sp³-hybridized carbons (Fsp3) is 0.231. The number of ether oxygens (including phenoxy) is 1. The molecule has 1 aliphatic rings. The topological polar surface area (TPSA) is 61.0 Å². The standard InChI is InChI=1S/C13H13N3O/c14-12-7-11(15-8-16-12)10-5-1-3-9-4-2-6-17-13(9)10/h1,3,5,7-8H,2,4,6H2,(H2,14,15,16). The Hall–Kier alpha value is -2.10. The molecule has 0 spiro atoms. The van der Waals surface area contributed by atoms with Crippen LogP contribution in [-0.4, -0.2) is 16.6 Å². The lowest BCUT2D eigenvalue weighted by Gasteiger charge is -2.19. The molecular formula is C13H13N3O. The number of anilines is 1. The number of aryl methyl sites for hydroxylation is 1. The van der Waals surface area contributed by atoms with Crippen LogP contribution in [0.3, 0.4) is 0 Å². The Balaban J connectivity index is 2.14. The van der Waals surface area contributed by atoms with E-state index in [9.17, 15) is 0 Å². The molecule has 2 heterocycles. The van der Waals surface area contributed by atoms with Crippen LogP contribution in [0.2, 0.25) is 0 Å². The van der Waals surface area contributed by atoms with E-state index in [1.165, 1.54) is 11.9 Å². The molecule has 4 heteroatoms. The molecule has 3 rings (SSSR count). The largest absolute Gasteiger partial charge is 0.493 e. The van der Waals surface area contributed by atoms with Crippen molar-refractivity contribution in [3.05, 3.63) is 36.2 Å². The molecule has 86 valence electrons. The van der Waals surface area contributed by atoms with Crippen molar-refractivity contribution in [2.24, 2.45) is 0 Å². The Morgan fingerprint density at radius 1 is 1.24 bits per heavy atom.